The van der Waals surface area contributed by atoms with Gasteiger partial charge in [0, 0.05) is 24.5 Å². The first-order chi connectivity index (χ1) is 15.4. The normalized spacial score (nSPS) is 17.6. The Labute approximate surface area is 188 Å². The van der Waals surface area contributed by atoms with Gasteiger partial charge in [-0.25, -0.2) is 4.39 Å². The largest absolute Gasteiger partial charge is 0.507 e. The molecule has 2 aromatic carbocycles. The predicted molar refractivity (Wildman–Crippen MR) is 116 cm³/mol. The van der Waals surface area contributed by atoms with E-state index in [1.54, 1.807) is 36.7 Å². The smallest absolute Gasteiger partial charge is 0.295 e. The number of halogens is 2. The number of rotatable bonds is 5. The van der Waals surface area contributed by atoms with E-state index in [1.165, 1.54) is 42.3 Å². The Morgan fingerprint density at radius 2 is 2.00 bits per heavy atom. The van der Waals surface area contributed by atoms with Gasteiger partial charge in [0.25, 0.3) is 11.7 Å². The minimum absolute atomic E-state index is 0.0553. The Balaban J connectivity index is 1.87. The van der Waals surface area contributed by atoms with Crippen LogP contribution in [-0.2, 0) is 16.1 Å². The van der Waals surface area contributed by atoms with Gasteiger partial charge in [0.2, 0.25) is 0 Å². The maximum atomic E-state index is 14.0. The molecule has 0 spiro atoms. The summed E-state index contributed by atoms with van der Waals surface area (Å²) in [6.07, 6.45) is 3.17. The second-order valence-corrected chi connectivity index (χ2v) is 7.60. The van der Waals surface area contributed by atoms with E-state index >= 15 is 0 Å². The molecule has 0 saturated carbocycles. The molecular weight excluding hydrogens is 435 g/mol. The van der Waals surface area contributed by atoms with Crippen molar-refractivity contribution >= 4 is 29.1 Å². The molecule has 1 atom stereocenters. The fourth-order valence-corrected chi connectivity index (χ4v) is 3.98. The van der Waals surface area contributed by atoms with E-state index in [-0.39, 0.29) is 22.7 Å². The molecule has 1 aliphatic heterocycles. The van der Waals surface area contributed by atoms with Crippen LogP contribution in [0.4, 0.5) is 4.39 Å². The molecule has 8 heteroatoms. The molecule has 2 heterocycles. The number of amides is 1. The first-order valence-electron chi connectivity index (χ1n) is 9.67. The van der Waals surface area contributed by atoms with E-state index in [9.17, 15) is 19.1 Å². The molecule has 3 aromatic rings. The first kappa shape index (κ1) is 21.5. The lowest BCUT2D eigenvalue weighted by atomic mass is 9.95. The van der Waals surface area contributed by atoms with Gasteiger partial charge in [0.15, 0.2) is 0 Å². The molecule has 4 rings (SSSR count). The van der Waals surface area contributed by atoms with Gasteiger partial charge in [-0.05, 0) is 47.5 Å². The summed E-state index contributed by atoms with van der Waals surface area (Å²) in [5.41, 5.74) is 1.12. The van der Waals surface area contributed by atoms with Crippen molar-refractivity contribution in [2.24, 2.45) is 0 Å². The fourth-order valence-electron chi connectivity index (χ4n) is 3.72. The molecule has 0 radical (unpaired) electrons. The molecule has 162 valence electrons. The molecule has 0 aliphatic carbocycles. The van der Waals surface area contributed by atoms with Gasteiger partial charge in [-0.2, -0.15) is 0 Å². The van der Waals surface area contributed by atoms with Crippen LogP contribution in [0.2, 0.25) is 5.02 Å². The van der Waals surface area contributed by atoms with Gasteiger partial charge in [-0.15, -0.1) is 0 Å². The summed E-state index contributed by atoms with van der Waals surface area (Å²) in [7, 11) is 1.45. The van der Waals surface area contributed by atoms with Crippen LogP contribution in [0, 0.1) is 5.82 Å². The number of likely N-dealkylation sites (tertiary alicyclic amines) is 1. The van der Waals surface area contributed by atoms with Crippen LogP contribution in [0.25, 0.3) is 5.76 Å². The van der Waals surface area contributed by atoms with Crippen molar-refractivity contribution in [1.82, 2.24) is 9.88 Å². The standard InChI is InChI=1S/C24H18ClFN2O4/c1-32-19-8-7-16(11-18(19)25)22(29)20-21(15-5-2-6-17(26)10-15)28(24(31)23(20)30)13-14-4-3-9-27-12-14/h2-12,21,29H,13H2,1H3/t21-/m0/s1. The van der Waals surface area contributed by atoms with E-state index in [0.717, 1.165) is 0 Å². The quantitative estimate of drug-likeness (QED) is 0.350. The summed E-state index contributed by atoms with van der Waals surface area (Å²) >= 11 is 6.18. The first-order valence-corrected chi connectivity index (χ1v) is 10.0. The minimum atomic E-state index is -0.994. The maximum Gasteiger partial charge on any atom is 0.295 e. The molecular formula is C24H18ClFN2O4. The number of carbonyl (C=O) groups is 2. The zero-order chi connectivity index (χ0) is 22.8. The molecule has 1 saturated heterocycles. The van der Waals surface area contributed by atoms with Crippen molar-refractivity contribution in [2.45, 2.75) is 12.6 Å². The number of aliphatic hydroxyl groups excluding tert-OH is 1. The highest BCUT2D eigenvalue weighted by Gasteiger charge is 2.46. The Bertz CT molecular complexity index is 1230. The molecule has 0 unspecified atom stereocenters. The Morgan fingerprint density at radius 3 is 2.66 bits per heavy atom. The second-order valence-electron chi connectivity index (χ2n) is 7.19. The van der Waals surface area contributed by atoms with E-state index in [0.29, 0.717) is 16.9 Å². The number of ether oxygens (including phenoxy) is 1. The number of nitrogens with zero attached hydrogens (tertiary/aromatic N) is 2. The van der Waals surface area contributed by atoms with Gasteiger partial charge in [0.05, 0.1) is 23.7 Å². The Kier molecular flexibility index (Phi) is 5.92. The summed E-state index contributed by atoms with van der Waals surface area (Å²) in [4.78, 5) is 31.3. The molecule has 1 aliphatic rings. The third kappa shape index (κ3) is 3.94. The molecule has 1 aromatic heterocycles. The highest BCUT2D eigenvalue weighted by Crippen LogP contribution is 2.41. The lowest BCUT2D eigenvalue weighted by molar-refractivity contribution is -0.140. The molecule has 1 N–H and O–H groups in total. The van der Waals surface area contributed by atoms with Gasteiger partial charge in [0.1, 0.15) is 17.3 Å². The van der Waals surface area contributed by atoms with E-state index in [4.69, 9.17) is 16.3 Å². The van der Waals surface area contributed by atoms with Gasteiger partial charge < -0.3 is 14.7 Å². The number of carbonyl (C=O) groups excluding carboxylic acids is 2. The molecule has 1 fully saturated rings. The fraction of sp³-hybridized carbons (Fsp3) is 0.125. The van der Waals surface area contributed by atoms with Crippen molar-refractivity contribution in [1.29, 1.82) is 0 Å². The average molecular weight is 453 g/mol. The van der Waals surface area contributed by atoms with Gasteiger partial charge in [-0.3, -0.25) is 14.6 Å². The SMILES string of the molecule is COc1ccc(C(O)=C2C(=O)C(=O)N(Cc3cccnc3)[C@H]2c2cccc(F)c2)cc1Cl. The van der Waals surface area contributed by atoms with Crippen LogP contribution in [0.3, 0.4) is 0 Å². The number of methoxy groups -OCH3 is 1. The topological polar surface area (TPSA) is 79.7 Å². The maximum absolute atomic E-state index is 14.0. The summed E-state index contributed by atoms with van der Waals surface area (Å²) in [6, 6.07) is 12.6. The van der Waals surface area contributed by atoms with Crippen LogP contribution in [0.1, 0.15) is 22.7 Å². The highest BCUT2D eigenvalue weighted by atomic mass is 35.5. The number of benzene rings is 2. The minimum Gasteiger partial charge on any atom is -0.507 e. The van der Waals surface area contributed by atoms with Crippen molar-refractivity contribution in [3.8, 4) is 5.75 Å². The third-order valence-corrected chi connectivity index (χ3v) is 5.50. The predicted octanol–water partition coefficient (Wildman–Crippen LogP) is 4.50. The highest BCUT2D eigenvalue weighted by molar-refractivity contribution is 6.46. The number of hydrogen-bond acceptors (Lipinski definition) is 5. The van der Waals surface area contributed by atoms with E-state index in [1.807, 2.05) is 0 Å². The van der Waals surface area contributed by atoms with Crippen LogP contribution in [0.15, 0.2) is 72.6 Å². The monoisotopic (exact) mass is 452 g/mol. The number of pyridine rings is 1. The van der Waals surface area contributed by atoms with Crippen LogP contribution in [-0.4, -0.2) is 33.8 Å². The number of Topliss-reactive ketones (excluding diaryl/α,β-unsaturated/α-hetero) is 1. The lowest BCUT2D eigenvalue weighted by Crippen LogP contribution is -2.29. The van der Waals surface area contributed by atoms with E-state index in [2.05, 4.69) is 4.98 Å². The van der Waals surface area contributed by atoms with Crippen molar-refractivity contribution in [3.05, 3.63) is 100 Å². The molecule has 1 amide bonds. The summed E-state index contributed by atoms with van der Waals surface area (Å²) in [5.74, 6) is -2.21. The molecule has 6 nitrogen and oxygen atoms in total. The lowest BCUT2D eigenvalue weighted by Gasteiger charge is -2.25. The van der Waals surface area contributed by atoms with Crippen LogP contribution in [0.5, 0.6) is 5.75 Å². The van der Waals surface area contributed by atoms with Crippen molar-refractivity contribution < 1.29 is 23.8 Å². The van der Waals surface area contributed by atoms with Crippen molar-refractivity contribution in [2.75, 3.05) is 7.11 Å². The number of hydrogen-bond donors (Lipinski definition) is 1. The second kappa shape index (κ2) is 8.80. The van der Waals surface area contributed by atoms with E-state index < -0.39 is 29.3 Å². The Hall–Kier alpha value is -3.71. The van der Waals surface area contributed by atoms with Gasteiger partial charge in [-0.1, -0.05) is 29.8 Å². The number of aromatic nitrogens is 1. The zero-order valence-corrected chi connectivity index (χ0v) is 17.7. The summed E-state index contributed by atoms with van der Waals surface area (Å²) in [6.45, 7) is 0.0553. The number of aliphatic hydroxyl groups is 1. The Morgan fingerprint density at radius 1 is 1.19 bits per heavy atom. The van der Waals surface area contributed by atoms with Gasteiger partial charge >= 0.3 is 0 Å². The summed E-state index contributed by atoms with van der Waals surface area (Å²) in [5, 5.41) is 11.3. The zero-order valence-electron chi connectivity index (χ0n) is 17.0. The molecule has 0 bridgehead atoms. The average Bonchev–Trinajstić information content (AvgIpc) is 3.04. The van der Waals surface area contributed by atoms with Crippen LogP contribution >= 0.6 is 11.6 Å². The summed E-state index contributed by atoms with van der Waals surface area (Å²) < 4.78 is 19.2. The van der Waals surface area contributed by atoms with Crippen molar-refractivity contribution in [3.63, 3.8) is 0 Å². The van der Waals surface area contributed by atoms with Crippen LogP contribution < -0.4 is 4.74 Å². The third-order valence-electron chi connectivity index (χ3n) is 5.21. The number of ketones is 1. The molecule has 32 heavy (non-hydrogen) atoms.